The van der Waals surface area contributed by atoms with E-state index in [0.717, 1.165) is 56.1 Å². The third kappa shape index (κ3) is 6.06. The van der Waals surface area contributed by atoms with Crippen molar-refractivity contribution in [1.29, 1.82) is 0 Å². The Bertz CT molecular complexity index is 3150. The van der Waals surface area contributed by atoms with E-state index in [1.54, 1.807) is 0 Å². The number of benzene rings is 9. The summed E-state index contributed by atoms with van der Waals surface area (Å²) in [4.78, 5) is 4.73. The van der Waals surface area contributed by atoms with Gasteiger partial charge >= 0.3 is 0 Å². The molecule has 60 heavy (non-hydrogen) atoms. The average molecular weight is 771 g/mol. The van der Waals surface area contributed by atoms with Gasteiger partial charge in [0.1, 0.15) is 11.2 Å². The second-order valence-corrected chi connectivity index (χ2v) is 16.2. The van der Waals surface area contributed by atoms with E-state index in [4.69, 9.17) is 4.42 Å². The van der Waals surface area contributed by atoms with Crippen LogP contribution < -0.4 is 9.80 Å². The number of fused-ring (bicyclic) bond motifs is 6. The minimum absolute atomic E-state index is 0.262. The van der Waals surface area contributed by atoms with Crippen LogP contribution in [0.2, 0.25) is 0 Å². The molecule has 0 saturated carbocycles. The van der Waals surface area contributed by atoms with Crippen molar-refractivity contribution in [2.45, 2.75) is 19.3 Å². The molecule has 0 spiro atoms. The fourth-order valence-electron chi connectivity index (χ4n) is 9.18. The monoisotopic (exact) mass is 770 g/mol. The lowest BCUT2D eigenvalue weighted by molar-refractivity contribution is 0.660. The van der Waals surface area contributed by atoms with Crippen LogP contribution >= 0.6 is 0 Å². The molecule has 1 aromatic heterocycles. The summed E-state index contributed by atoms with van der Waals surface area (Å²) in [5.74, 6) is 0. The molecule has 0 bridgehead atoms. The zero-order valence-electron chi connectivity index (χ0n) is 33.6. The molecule has 286 valence electrons. The van der Waals surface area contributed by atoms with Crippen molar-refractivity contribution in [3.05, 3.63) is 230 Å². The van der Waals surface area contributed by atoms with Crippen LogP contribution in [0.4, 0.5) is 34.1 Å². The molecule has 3 heteroatoms. The molecule has 0 aliphatic heterocycles. The van der Waals surface area contributed by atoms with Crippen molar-refractivity contribution in [3.8, 4) is 33.4 Å². The Kier molecular flexibility index (Phi) is 8.49. The molecule has 0 atom stereocenters. The molecule has 9 aromatic carbocycles. The molecular weight excluding hydrogens is 729 g/mol. The summed E-state index contributed by atoms with van der Waals surface area (Å²) in [6.07, 6.45) is 0. The van der Waals surface area contributed by atoms with Gasteiger partial charge in [-0.15, -0.1) is 0 Å². The smallest absolute Gasteiger partial charge is 0.137 e. The van der Waals surface area contributed by atoms with Gasteiger partial charge in [-0.3, -0.25) is 0 Å². The predicted molar refractivity (Wildman–Crippen MR) is 252 cm³/mol. The zero-order valence-corrected chi connectivity index (χ0v) is 33.6. The van der Waals surface area contributed by atoms with E-state index in [1.807, 2.05) is 12.1 Å². The number of nitrogens with zero attached hydrogens (tertiary/aromatic N) is 2. The number of hydrogen-bond donors (Lipinski definition) is 0. The van der Waals surface area contributed by atoms with Gasteiger partial charge < -0.3 is 14.2 Å². The van der Waals surface area contributed by atoms with Crippen molar-refractivity contribution in [2.24, 2.45) is 0 Å². The summed E-state index contributed by atoms with van der Waals surface area (Å²) in [6, 6.07) is 78.5. The highest BCUT2D eigenvalue weighted by Crippen LogP contribution is 2.53. The van der Waals surface area contributed by atoms with E-state index in [1.165, 1.54) is 44.5 Å². The van der Waals surface area contributed by atoms with Crippen molar-refractivity contribution in [1.82, 2.24) is 0 Å². The van der Waals surface area contributed by atoms with Crippen molar-refractivity contribution >= 4 is 56.1 Å². The van der Waals surface area contributed by atoms with Gasteiger partial charge in [-0.25, -0.2) is 0 Å². The lowest BCUT2D eigenvalue weighted by Crippen LogP contribution is -2.17. The molecule has 1 aliphatic rings. The van der Waals surface area contributed by atoms with E-state index in [2.05, 4.69) is 230 Å². The second-order valence-electron chi connectivity index (χ2n) is 16.2. The molecule has 3 nitrogen and oxygen atoms in total. The molecule has 11 rings (SSSR count). The fraction of sp³-hybridized carbons (Fsp3) is 0.0526. The van der Waals surface area contributed by atoms with Gasteiger partial charge in [0.15, 0.2) is 0 Å². The molecule has 0 unspecified atom stereocenters. The Morgan fingerprint density at radius 1 is 0.317 bits per heavy atom. The minimum atomic E-state index is -0.262. The molecule has 1 heterocycles. The lowest BCUT2D eigenvalue weighted by Gasteiger charge is -2.29. The molecular formula is C57H42N2O. The first-order chi connectivity index (χ1) is 29.5. The van der Waals surface area contributed by atoms with Crippen molar-refractivity contribution in [2.75, 3.05) is 9.80 Å². The number of hydrogen-bond acceptors (Lipinski definition) is 3. The maximum Gasteiger partial charge on any atom is 0.137 e. The first-order valence-electron chi connectivity index (χ1n) is 20.7. The normalized spacial score (nSPS) is 12.6. The maximum absolute atomic E-state index is 6.43. The van der Waals surface area contributed by atoms with E-state index in [0.29, 0.717) is 0 Å². The second kappa shape index (κ2) is 14.3. The summed E-state index contributed by atoms with van der Waals surface area (Å²) in [5, 5.41) is 2.25. The summed E-state index contributed by atoms with van der Waals surface area (Å²) in [5.41, 5.74) is 18.1. The van der Waals surface area contributed by atoms with Crippen LogP contribution in [-0.4, -0.2) is 0 Å². The third-order valence-electron chi connectivity index (χ3n) is 12.3. The molecule has 0 radical (unpaired) electrons. The van der Waals surface area contributed by atoms with Gasteiger partial charge in [-0.1, -0.05) is 147 Å². The van der Waals surface area contributed by atoms with E-state index >= 15 is 0 Å². The van der Waals surface area contributed by atoms with E-state index < -0.39 is 0 Å². The van der Waals surface area contributed by atoms with Gasteiger partial charge in [0.2, 0.25) is 0 Å². The maximum atomic E-state index is 6.43. The third-order valence-corrected chi connectivity index (χ3v) is 12.3. The van der Waals surface area contributed by atoms with Crippen LogP contribution in [0.1, 0.15) is 25.0 Å². The average Bonchev–Trinajstić information content (AvgIpc) is 3.79. The number of furan rings is 1. The summed E-state index contributed by atoms with van der Waals surface area (Å²) in [7, 11) is 0. The quantitative estimate of drug-likeness (QED) is 0.153. The standard InChI is InChI=1S/C57H42N2O/c1-57(2)53-36-46(58(43-18-10-5-11-19-43)44-26-22-41(23-27-44)39-14-6-3-7-15-39)30-33-49(53)50-34-31-47(37-54(50)57)59(45-28-24-42(25-29-45)40-16-8-4-9-17-40)48-32-35-52-51-20-12-13-21-55(51)60-56(52)38-48/h3-38H,1-2H3. The summed E-state index contributed by atoms with van der Waals surface area (Å²) >= 11 is 0. The first-order valence-corrected chi connectivity index (χ1v) is 20.7. The van der Waals surface area contributed by atoms with Crippen LogP contribution in [0, 0.1) is 0 Å². The Balaban J connectivity index is 1.00. The van der Waals surface area contributed by atoms with Gasteiger partial charge in [0.05, 0.1) is 0 Å². The highest BCUT2D eigenvalue weighted by atomic mass is 16.3. The molecule has 0 N–H and O–H groups in total. The van der Waals surface area contributed by atoms with Crippen molar-refractivity contribution in [3.63, 3.8) is 0 Å². The minimum Gasteiger partial charge on any atom is -0.456 e. The zero-order chi connectivity index (χ0) is 40.2. The molecule has 10 aromatic rings. The topological polar surface area (TPSA) is 19.6 Å². The lowest BCUT2D eigenvalue weighted by atomic mass is 9.82. The SMILES string of the molecule is CC1(C)c2cc(N(c3ccccc3)c3ccc(-c4ccccc4)cc3)ccc2-c2ccc(N(c3ccc(-c4ccccc4)cc3)c3ccc4c(c3)oc3ccccc34)cc21. The molecule has 1 aliphatic carbocycles. The Morgan fingerprint density at radius 2 is 0.700 bits per heavy atom. The summed E-state index contributed by atoms with van der Waals surface area (Å²) < 4.78 is 6.43. The Hall–Kier alpha value is -7.62. The highest BCUT2D eigenvalue weighted by molar-refractivity contribution is 6.06. The number of anilines is 6. The first kappa shape index (κ1) is 35.5. The van der Waals surface area contributed by atoms with Gasteiger partial charge in [0.25, 0.3) is 0 Å². The van der Waals surface area contributed by atoms with Crippen LogP contribution in [0.5, 0.6) is 0 Å². The number of para-hydroxylation sites is 2. The highest BCUT2D eigenvalue weighted by Gasteiger charge is 2.37. The van der Waals surface area contributed by atoms with Crippen LogP contribution in [0.3, 0.4) is 0 Å². The fourth-order valence-corrected chi connectivity index (χ4v) is 9.18. The Morgan fingerprint density at radius 3 is 1.25 bits per heavy atom. The Labute approximate surface area is 351 Å². The predicted octanol–water partition coefficient (Wildman–Crippen LogP) is 16.2. The van der Waals surface area contributed by atoms with Gasteiger partial charge in [-0.2, -0.15) is 0 Å². The van der Waals surface area contributed by atoms with Crippen LogP contribution in [0.25, 0.3) is 55.3 Å². The van der Waals surface area contributed by atoms with Gasteiger partial charge in [0, 0.05) is 56.4 Å². The molecule has 0 fully saturated rings. The van der Waals surface area contributed by atoms with E-state index in [9.17, 15) is 0 Å². The summed E-state index contributed by atoms with van der Waals surface area (Å²) in [6.45, 7) is 4.73. The van der Waals surface area contributed by atoms with Crippen molar-refractivity contribution < 1.29 is 4.42 Å². The number of rotatable bonds is 8. The van der Waals surface area contributed by atoms with Crippen LogP contribution in [-0.2, 0) is 5.41 Å². The van der Waals surface area contributed by atoms with Gasteiger partial charge in [-0.05, 0) is 123 Å². The van der Waals surface area contributed by atoms with Crippen LogP contribution in [0.15, 0.2) is 223 Å². The molecule has 0 amide bonds. The largest absolute Gasteiger partial charge is 0.456 e. The molecule has 0 saturated heterocycles. The van der Waals surface area contributed by atoms with E-state index in [-0.39, 0.29) is 5.41 Å².